The second-order valence-corrected chi connectivity index (χ2v) is 3.67. The zero-order valence-corrected chi connectivity index (χ0v) is 7.54. The molecule has 3 atom stereocenters. The van der Waals surface area contributed by atoms with Gasteiger partial charge in [-0.25, -0.2) is 0 Å². The Bertz CT molecular complexity index is 153. The molecule has 56 valence electrons. The largest absolute Gasteiger partial charge is 0.299 e. The monoisotopic (exact) mass is 202 g/mol. The van der Waals surface area contributed by atoms with E-state index in [2.05, 4.69) is 22.9 Å². The quantitative estimate of drug-likeness (QED) is 0.390. The Labute approximate surface area is 69.6 Å². The first-order valence-electron chi connectivity index (χ1n) is 3.57. The van der Waals surface area contributed by atoms with Crippen molar-refractivity contribution < 1.29 is 4.79 Å². The van der Waals surface area contributed by atoms with Gasteiger partial charge in [0.2, 0.25) is 0 Å². The van der Waals surface area contributed by atoms with Gasteiger partial charge in [0.1, 0.15) is 6.29 Å². The fraction of sp³-hybridized carbons (Fsp3) is 0.625. The molecule has 0 amide bonds. The molecule has 10 heavy (non-hydrogen) atoms. The average molecular weight is 203 g/mol. The summed E-state index contributed by atoms with van der Waals surface area (Å²) in [5, 5.41) is 0. The second-order valence-electron chi connectivity index (χ2n) is 2.61. The number of alkyl halides is 1. The van der Waals surface area contributed by atoms with Crippen molar-refractivity contribution in [1.29, 1.82) is 0 Å². The Morgan fingerprint density at radius 2 is 2.30 bits per heavy atom. The second kappa shape index (κ2) is 3.33. The molecule has 1 aliphatic rings. The van der Waals surface area contributed by atoms with Crippen LogP contribution in [0.2, 0.25) is 0 Å². The van der Waals surface area contributed by atoms with Crippen molar-refractivity contribution in [2.45, 2.75) is 18.2 Å². The van der Waals surface area contributed by atoms with Crippen LogP contribution in [0.5, 0.6) is 0 Å². The van der Waals surface area contributed by atoms with Crippen molar-refractivity contribution >= 4 is 22.2 Å². The highest BCUT2D eigenvalue weighted by Gasteiger charge is 2.44. The molecule has 0 heterocycles. The van der Waals surface area contributed by atoms with Crippen molar-refractivity contribution in [3.05, 3.63) is 12.2 Å². The molecule has 1 fully saturated rings. The number of carbonyl (C=O) groups excluding carboxylic acids is 1. The maximum Gasteiger partial charge on any atom is 0.142 e. The first-order valence-corrected chi connectivity index (χ1v) is 4.48. The lowest BCUT2D eigenvalue weighted by atomic mass is 10.2. The Kier molecular flexibility index (Phi) is 2.66. The van der Waals surface area contributed by atoms with E-state index >= 15 is 0 Å². The highest BCUT2D eigenvalue weighted by atomic mass is 79.9. The minimum Gasteiger partial charge on any atom is -0.299 e. The fourth-order valence-corrected chi connectivity index (χ4v) is 2.39. The number of hydrogen-bond donors (Lipinski definition) is 0. The molecule has 0 aliphatic heterocycles. The van der Waals surface area contributed by atoms with Crippen LogP contribution in [0, 0.1) is 11.8 Å². The molecule has 0 aromatic rings. The van der Waals surface area contributed by atoms with Crippen molar-refractivity contribution in [1.82, 2.24) is 0 Å². The third kappa shape index (κ3) is 1.48. The van der Waals surface area contributed by atoms with Gasteiger partial charge in [0.25, 0.3) is 0 Å². The Balaban J connectivity index is 2.33. The van der Waals surface area contributed by atoms with Crippen LogP contribution in [0.1, 0.15) is 13.3 Å². The maximum atomic E-state index is 9.94. The highest BCUT2D eigenvalue weighted by molar-refractivity contribution is 9.09. The predicted molar refractivity (Wildman–Crippen MR) is 45.2 cm³/mol. The minimum absolute atomic E-state index is 0.607. The normalized spacial score (nSPS) is 38.4. The van der Waals surface area contributed by atoms with Crippen LogP contribution >= 0.6 is 15.9 Å². The van der Waals surface area contributed by atoms with E-state index in [0.29, 0.717) is 10.7 Å². The molecule has 0 aromatic heterocycles. The summed E-state index contributed by atoms with van der Waals surface area (Å²) in [5.41, 5.74) is 0. The molecule has 0 aromatic carbocycles. The number of carbonyl (C=O) groups is 1. The summed E-state index contributed by atoms with van der Waals surface area (Å²) in [6.07, 6.45) is 5.61. The van der Waals surface area contributed by atoms with Gasteiger partial charge in [-0.05, 0) is 17.9 Å². The lowest BCUT2D eigenvalue weighted by molar-refractivity contribution is -0.104. The van der Waals surface area contributed by atoms with Gasteiger partial charge in [-0.15, -0.1) is 0 Å². The van der Waals surface area contributed by atoms with Crippen LogP contribution in [0.25, 0.3) is 0 Å². The van der Waals surface area contributed by atoms with Crippen molar-refractivity contribution in [2.24, 2.45) is 11.8 Å². The summed E-state index contributed by atoms with van der Waals surface area (Å²) >= 11 is 3.54. The van der Waals surface area contributed by atoms with E-state index in [1.807, 2.05) is 6.08 Å². The molecule has 1 rings (SSSR count). The number of rotatable bonds is 3. The van der Waals surface area contributed by atoms with Crippen LogP contribution in [0.15, 0.2) is 12.2 Å². The third-order valence-electron chi connectivity index (χ3n) is 2.01. The summed E-state index contributed by atoms with van der Waals surface area (Å²) in [7, 11) is 0. The lowest BCUT2D eigenvalue weighted by Crippen LogP contribution is -1.73. The summed E-state index contributed by atoms with van der Waals surface area (Å²) in [5.74, 6) is 1.37. The lowest BCUT2D eigenvalue weighted by Gasteiger charge is -1.82. The molecule has 0 radical (unpaired) electrons. The van der Waals surface area contributed by atoms with Gasteiger partial charge in [0.05, 0.1) is 0 Å². The van der Waals surface area contributed by atoms with Gasteiger partial charge >= 0.3 is 0 Å². The number of hydrogen-bond acceptors (Lipinski definition) is 1. The molecule has 0 saturated heterocycles. The molecule has 2 heteroatoms. The number of aldehydes is 1. The molecule has 1 aliphatic carbocycles. The first kappa shape index (κ1) is 7.99. The van der Waals surface area contributed by atoms with Gasteiger partial charge < -0.3 is 0 Å². The first-order chi connectivity index (χ1) is 4.81. The van der Waals surface area contributed by atoms with E-state index in [4.69, 9.17) is 0 Å². The van der Waals surface area contributed by atoms with E-state index in [0.717, 1.165) is 12.2 Å². The SMILES string of the molecule is CC[C@H]1[C@@H](Br)[C@H]1/C=C/C=O. The maximum absolute atomic E-state index is 9.94. The van der Waals surface area contributed by atoms with Crippen LogP contribution in [0.4, 0.5) is 0 Å². The fourth-order valence-electron chi connectivity index (χ4n) is 1.28. The van der Waals surface area contributed by atoms with Gasteiger partial charge in [-0.2, -0.15) is 0 Å². The van der Waals surface area contributed by atoms with Crippen molar-refractivity contribution in [3.8, 4) is 0 Å². The zero-order valence-electron chi connectivity index (χ0n) is 5.96. The van der Waals surface area contributed by atoms with E-state index in [-0.39, 0.29) is 0 Å². The molecular weight excluding hydrogens is 192 g/mol. The van der Waals surface area contributed by atoms with Gasteiger partial charge in [0, 0.05) is 4.83 Å². The standard InChI is InChI=1S/C8H11BrO/c1-2-6-7(8(6)9)4-3-5-10/h3-8H,2H2,1H3/b4-3+/t6-,7+,8-/m1/s1. The predicted octanol–water partition coefficient (Wildman–Crippen LogP) is 2.16. The van der Waals surface area contributed by atoms with E-state index < -0.39 is 0 Å². The van der Waals surface area contributed by atoms with E-state index in [9.17, 15) is 4.79 Å². The molecule has 0 bridgehead atoms. The molecular formula is C8H11BrO. The van der Waals surface area contributed by atoms with Gasteiger partial charge in [-0.1, -0.05) is 35.4 Å². The number of allylic oxidation sites excluding steroid dienone is 2. The summed E-state index contributed by atoms with van der Waals surface area (Å²) in [4.78, 5) is 10.6. The third-order valence-corrected chi connectivity index (χ3v) is 3.30. The van der Waals surface area contributed by atoms with Gasteiger partial charge in [0.15, 0.2) is 0 Å². The topological polar surface area (TPSA) is 17.1 Å². The highest BCUT2D eigenvalue weighted by Crippen LogP contribution is 2.48. The van der Waals surface area contributed by atoms with E-state index in [1.54, 1.807) is 6.08 Å². The van der Waals surface area contributed by atoms with Crippen LogP contribution in [-0.4, -0.2) is 11.1 Å². The molecule has 1 nitrogen and oxygen atoms in total. The van der Waals surface area contributed by atoms with Crippen molar-refractivity contribution in [3.63, 3.8) is 0 Å². The average Bonchev–Trinajstić information content (AvgIpc) is 2.56. The van der Waals surface area contributed by atoms with Crippen LogP contribution in [0.3, 0.4) is 0 Å². The molecule has 0 spiro atoms. The van der Waals surface area contributed by atoms with Crippen LogP contribution in [-0.2, 0) is 4.79 Å². The van der Waals surface area contributed by atoms with Gasteiger partial charge in [-0.3, -0.25) is 4.79 Å². The Morgan fingerprint density at radius 3 is 2.70 bits per heavy atom. The summed E-state index contributed by atoms with van der Waals surface area (Å²) in [6, 6.07) is 0. The zero-order chi connectivity index (χ0) is 7.56. The summed E-state index contributed by atoms with van der Waals surface area (Å²) in [6.45, 7) is 2.17. The van der Waals surface area contributed by atoms with E-state index in [1.165, 1.54) is 6.42 Å². The Morgan fingerprint density at radius 1 is 1.60 bits per heavy atom. The summed E-state index contributed by atoms with van der Waals surface area (Å²) < 4.78 is 0. The minimum atomic E-state index is 0.607. The smallest absolute Gasteiger partial charge is 0.142 e. The Hall–Kier alpha value is -0.110. The molecule has 0 N–H and O–H groups in total. The van der Waals surface area contributed by atoms with Crippen LogP contribution < -0.4 is 0 Å². The number of halogens is 1. The molecule has 0 unspecified atom stereocenters. The molecule has 1 saturated carbocycles. The van der Waals surface area contributed by atoms with Crippen molar-refractivity contribution in [2.75, 3.05) is 0 Å².